The van der Waals surface area contributed by atoms with Gasteiger partial charge in [-0.25, -0.2) is 0 Å². The second kappa shape index (κ2) is 9.53. The maximum Gasteiger partial charge on any atom is 0.120 e. The number of hydrogen-bond acceptors (Lipinski definition) is 4. The molecule has 5 heteroatoms. The van der Waals surface area contributed by atoms with Crippen LogP contribution >= 0.6 is 11.6 Å². The van der Waals surface area contributed by atoms with E-state index in [1.165, 1.54) is 22.3 Å². The maximum absolute atomic E-state index is 10.7. The molecule has 0 aliphatic carbocycles. The zero-order valence-electron chi connectivity index (χ0n) is 19.9. The number of likely N-dealkylation sites (tertiary alicyclic amines) is 1. The lowest BCUT2D eigenvalue weighted by atomic mass is 9.87. The summed E-state index contributed by atoms with van der Waals surface area (Å²) < 4.78 is 0. The Morgan fingerprint density at radius 1 is 1.00 bits per heavy atom. The standard InChI is InChI=1S/C29H32ClN3O/c1-20-8-9-23(16-21(20)2)26-18-27(25-17-24(30)10-11-28(25)34)32-29(31-26)12-14-33(15-13-29)19-22-6-4-3-5-7-22/h3-11,16-17,27,32,34H,12-15,18-19H2,1-2H3/t27-/m1/s1. The van der Waals surface area contributed by atoms with E-state index in [9.17, 15) is 5.11 Å². The van der Waals surface area contributed by atoms with Crippen LogP contribution in [0.4, 0.5) is 0 Å². The van der Waals surface area contributed by atoms with Crippen LogP contribution in [0.3, 0.4) is 0 Å². The fraction of sp³-hybridized carbons (Fsp3) is 0.345. The smallest absolute Gasteiger partial charge is 0.120 e. The van der Waals surface area contributed by atoms with Crippen LogP contribution in [-0.4, -0.2) is 34.5 Å². The van der Waals surface area contributed by atoms with Crippen LogP contribution in [0.1, 0.15) is 53.1 Å². The third-order valence-corrected chi connectivity index (χ3v) is 7.56. The van der Waals surface area contributed by atoms with E-state index >= 15 is 0 Å². The Morgan fingerprint density at radius 2 is 1.76 bits per heavy atom. The molecule has 1 atom stereocenters. The lowest BCUT2D eigenvalue weighted by Gasteiger charge is -2.45. The number of benzene rings is 3. The lowest BCUT2D eigenvalue weighted by molar-refractivity contribution is 0.120. The summed E-state index contributed by atoms with van der Waals surface area (Å²) in [6.07, 6.45) is 2.56. The van der Waals surface area contributed by atoms with Crippen molar-refractivity contribution >= 4 is 17.3 Å². The Balaban J connectivity index is 1.45. The number of piperidine rings is 1. The van der Waals surface area contributed by atoms with Gasteiger partial charge in [-0.3, -0.25) is 15.2 Å². The van der Waals surface area contributed by atoms with Crippen molar-refractivity contribution in [3.8, 4) is 5.75 Å². The highest BCUT2D eigenvalue weighted by atomic mass is 35.5. The second-order valence-corrected chi connectivity index (χ2v) is 10.2. The minimum Gasteiger partial charge on any atom is -0.508 e. The molecule has 4 nitrogen and oxygen atoms in total. The van der Waals surface area contributed by atoms with Crippen molar-refractivity contribution in [1.29, 1.82) is 0 Å². The zero-order valence-corrected chi connectivity index (χ0v) is 20.6. The number of aryl methyl sites for hydroxylation is 2. The van der Waals surface area contributed by atoms with Crippen LogP contribution < -0.4 is 5.32 Å². The summed E-state index contributed by atoms with van der Waals surface area (Å²) in [6.45, 7) is 7.20. The lowest BCUT2D eigenvalue weighted by Crippen LogP contribution is -2.55. The van der Waals surface area contributed by atoms with Gasteiger partial charge in [0.05, 0.1) is 0 Å². The fourth-order valence-corrected chi connectivity index (χ4v) is 5.36. The number of hydrogen-bond donors (Lipinski definition) is 2. The van der Waals surface area contributed by atoms with Gasteiger partial charge in [0.1, 0.15) is 11.4 Å². The predicted octanol–water partition coefficient (Wildman–Crippen LogP) is 6.18. The third kappa shape index (κ3) is 4.90. The molecule has 2 aliphatic rings. The molecule has 0 bridgehead atoms. The van der Waals surface area contributed by atoms with Crippen LogP contribution in [0.25, 0.3) is 0 Å². The highest BCUT2D eigenvalue weighted by Crippen LogP contribution is 2.38. The van der Waals surface area contributed by atoms with Crippen molar-refractivity contribution in [2.45, 2.75) is 51.4 Å². The summed E-state index contributed by atoms with van der Waals surface area (Å²) in [5, 5.41) is 15.1. The summed E-state index contributed by atoms with van der Waals surface area (Å²) in [5.41, 5.74) is 6.66. The topological polar surface area (TPSA) is 47.9 Å². The van der Waals surface area contributed by atoms with Gasteiger partial charge in [-0.05, 0) is 73.2 Å². The number of phenolic OH excluding ortho intramolecular Hbond substituents is 1. The number of phenols is 1. The predicted molar refractivity (Wildman–Crippen MR) is 140 cm³/mol. The zero-order chi connectivity index (χ0) is 23.7. The second-order valence-electron chi connectivity index (χ2n) is 9.76. The molecule has 1 fully saturated rings. The van der Waals surface area contributed by atoms with Gasteiger partial charge in [0, 0.05) is 48.4 Å². The first-order chi connectivity index (χ1) is 16.4. The minimum atomic E-state index is -0.348. The van der Waals surface area contributed by atoms with Gasteiger partial charge in [-0.2, -0.15) is 0 Å². The Morgan fingerprint density at radius 3 is 2.50 bits per heavy atom. The molecule has 3 aromatic rings. The molecule has 176 valence electrons. The van der Waals surface area contributed by atoms with E-state index in [-0.39, 0.29) is 17.5 Å². The van der Waals surface area contributed by atoms with Crippen LogP contribution in [-0.2, 0) is 6.54 Å². The fourth-order valence-electron chi connectivity index (χ4n) is 5.18. The van der Waals surface area contributed by atoms with E-state index in [0.29, 0.717) is 11.4 Å². The molecule has 0 aromatic heterocycles. The Labute approximate surface area is 207 Å². The first-order valence-corrected chi connectivity index (χ1v) is 12.5. The van der Waals surface area contributed by atoms with Crippen molar-refractivity contribution in [2.75, 3.05) is 13.1 Å². The minimum absolute atomic E-state index is 0.0477. The number of nitrogens with one attached hydrogen (secondary N) is 1. The molecule has 2 heterocycles. The van der Waals surface area contributed by atoms with Gasteiger partial charge < -0.3 is 5.11 Å². The normalized spacial score (nSPS) is 20.3. The molecule has 2 N–H and O–H groups in total. The monoisotopic (exact) mass is 473 g/mol. The van der Waals surface area contributed by atoms with E-state index in [0.717, 1.165) is 43.8 Å². The summed E-state index contributed by atoms with van der Waals surface area (Å²) in [7, 11) is 0. The highest BCUT2D eigenvalue weighted by molar-refractivity contribution is 6.30. The van der Waals surface area contributed by atoms with Crippen molar-refractivity contribution in [1.82, 2.24) is 10.2 Å². The van der Waals surface area contributed by atoms with Gasteiger partial charge in [0.2, 0.25) is 0 Å². The number of rotatable bonds is 4. The molecule has 1 saturated heterocycles. The van der Waals surface area contributed by atoms with Gasteiger partial charge in [0.15, 0.2) is 0 Å². The summed E-state index contributed by atoms with van der Waals surface area (Å²) in [6, 6.07) is 22.5. The number of aliphatic imine (C=N–C) groups is 1. The van der Waals surface area contributed by atoms with Gasteiger partial charge >= 0.3 is 0 Å². The van der Waals surface area contributed by atoms with Gasteiger partial charge in [0.25, 0.3) is 0 Å². The van der Waals surface area contributed by atoms with Crippen molar-refractivity contribution in [2.24, 2.45) is 4.99 Å². The summed E-state index contributed by atoms with van der Waals surface area (Å²) in [4.78, 5) is 7.86. The van der Waals surface area contributed by atoms with E-state index in [1.54, 1.807) is 12.1 Å². The molecule has 0 radical (unpaired) electrons. The Kier molecular flexibility index (Phi) is 6.48. The quantitative estimate of drug-likeness (QED) is 0.475. The van der Waals surface area contributed by atoms with Crippen LogP contribution in [0.5, 0.6) is 5.75 Å². The molecule has 0 amide bonds. The molecule has 1 spiro atoms. The van der Waals surface area contributed by atoms with E-state index in [4.69, 9.17) is 16.6 Å². The molecule has 3 aromatic carbocycles. The molecular formula is C29H32ClN3O. The van der Waals surface area contributed by atoms with E-state index in [2.05, 4.69) is 72.6 Å². The van der Waals surface area contributed by atoms with E-state index < -0.39 is 0 Å². The largest absolute Gasteiger partial charge is 0.508 e. The van der Waals surface area contributed by atoms with Crippen LogP contribution in [0.2, 0.25) is 5.02 Å². The van der Waals surface area contributed by atoms with Crippen molar-refractivity contribution in [3.63, 3.8) is 0 Å². The SMILES string of the molecule is Cc1ccc(C2=NC3(CCN(Cc4ccccc4)CC3)N[C@@H](c3cc(Cl)ccc3O)C2)cc1C. The molecule has 0 unspecified atom stereocenters. The highest BCUT2D eigenvalue weighted by Gasteiger charge is 2.40. The van der Waals surface area contributed by atoms with Gasteiger partial charge in [-0.1, -0.05) is 54.1 Å². The first kappa shape index (κ1) is 23.1. The number of aromatic hydroxyl groups is 1. The Hall–Kier alpha value is -2.66. The third-order valence-electron chi connectivity index (χ3n) is 7.33. The summed E-state index contributed by atoms with van der Waals surface area (Å²) >= 11 is 6.33. The molecule has 5 rings (SSSR count). The molecule has 2 aliphatic heterocycles. The maximum atomic E-state index is 10.7. The van der Waals surface area contributed by atoms with Crippen molar-refractivity contribution < 1.29 is 5.11 Å². The summed E-state index contributed by atoms with van der Waals surface area (Å²) in [5.74, 6) is 0.278. The Bertz CT molecular complexity index is 1200. The molecule has 0 saturated carbocycles. The molecular weight excluding hydrogens is 442 g/mol. The average Bonchev–Trinajstić information content (AvgIpc) is 2.84. The van der Waals surface area contributed by atoms with Gasteiger partial charge in [-0.15, -0.1) is 0 Å². The first-order valence-electron chi connectivity index (χ1n) is 12.1. The molecule has 34 heavy (non-hydrogen) atoms. The van der Waals surface area contributed by atoms with Crippen LogP contribution in [0.15, 0.2) is 71.7 Å². The van der Waals surface area contributed by atoms with Crippen LogP contribution in [0, 0.1) is 13.8 Å². The van der Waals surface area contributed by atoms with E-state index in [1.807, 2.05) is 6.07 Å². The van der Waals surface area contributed by atoms with Crippen molar-refractivity contribution in [3.05, 3.63) is 99.6 Å². The number of nitrogens with zero attached hydrogens (tertiary/aromatic N) is 2. The number of halogens is 1. The average molecular weight is 474 g/mol.